The number of hydrogen-bond donors (Lipinski definition) is 1. The van der Waals surface area contributed by atoms with Crippen molar-refractivity contribution in [3.8, 4) is 0 Å². The van der Waals surface area contributed by atoms with Gasteiger partial charge in [0.15, 0.2) is 0 Å². The van der Waals surface area contributed by atoms with E-state index in [4.69, 9.17) is 4.98 Å². The highest BCUT2D eigenvalue weighted by molar-refractivity contribution is 5.52. The van der Waals surface area contributed by atoms with Crippen LogP contribution < -0.4 is 5.32 Å². The van der Waals surface area contributed by atoms with Gasteiger partial charge in [0.05, 0.1) is 0 Å². The van der Waals surface area contributed by atoms with Crippen LogP contribution in [0.5, 0.6) is 0 Å². The molecule has 0 aliphatic rings. The van der Waals surface area contributed by atoms with Crippen molar-refractivity contribution in [2.45, 2.75) is 40.0 Å². The van der Waals surface area contributed by atoms with E-state index >= 15 is 0 Å². The van der Waals surface area contributed by atoms with Gasteiger partial charge in [-0.05, 0) is 36.0 Å². The summed E-state index contributed by atoms with van der Waals surface area (Å²) in [5, 5.41) is 3.26. The number of benzene rings is 1. The monoisotopic (exact) mass is 269 g/mol. The van der Waals surface area contributed by atoms with Crippen LogP contribution in [0.25, 0.3) is 0 Å². The minimum atomic E-state index is 0.453. The van der Waals surface area contributed by atoms with Crippen molar-refractivity contribution in [2.24, 2.45) is 5.92 Å². The van der Waals surface area contributed by atoms with Crippen molar-refractivity contribution in [2.75, 3.05) is 5.32 Å². The summed E-state index contributed by atoms with van der Waals surface area (Å²) >= 11 is 0. The van der Waals surface area contributed by atoms with E-state index < -0.39 is 0 Å². The minimum Gasteiger partial charge on any atom is -0.324 e. The van der Waals surface area contributed by atoms with Crippen molar-refractivity contribution < 1.29 is 0 Å². The quantitative estimate of drug-likeness (QED) is 0.865. The average molecular weight is 269 g/mol. The van der Waals surface area contributed by atoms with Crippen LogP contribution in [0.1, 0.15) is 44.9 Å². The first-order chi connectivity index (χ1) is 9.56. The average Bonchev–Trinajstić information content (AvgIpc) is 2.39. The highest BCUT2D eigenvalue weighted by Crippen LogP contribution is 2.22. The minimum absolute atomic E-state index is 0.453. The molecule has 2 aromatic rings. The summed E-state index contributed by atoms with van der Waals surface area (Å²) in [6.07, 6.45) is 2.94. The van der Waals surface area contributed by atoms with Gasteiger partial charge in [-0.25, -0.2) is 9.97 Å². The Balaban J connectivity index is 2.27. The second-order valence-corrected chi connectivity index (χ2v) is 5.84. The van der Waals surface area contributed by atoms with Gasteiger partial charge in [0.2, 0.25) is 5.95 Å². The zero-order valence-corrected chi connectivity index (χ0v) is 12.7. The summed E-state index contributed by atoms with van der Waals surface area (Å²) in [6.45, 7) is 8.81. The first-order valence-corrected chi connectivity index (χ1v) is 7.24. The molecule has 0 saturated carbocycles. The summed E-state index contributed by atoms with van der Waals surface area (Å²) in [4.78, 5) is 9.15. The lowest BCUT2D eigenvalue weighted by Gasteiger charge is -2.15. The van der Waals surface area contributed by atoms with Crippen LogP contribution in [0.4, 0.5) is 11.6 Å². The molecule has 0 aliphatic carbocycles. The molecule has 1 aromatic heterocycles. The Kier molecular flexibility index (Phi) is 4.72. The van der Waals surface area contributed by atoms with Gasteiger partial charge in [-0.15, -0.1) is 0 Å². The van der Waals surface area contributed by atoms with E-state index in [1.807, 2.05) is 36.5 Å². The van der Waals surface area contributed by atoms with Crippen LogP contribution in [0.3, 0.4) is 0 Å². The Bertz CT molecular complexity index is 547. The van der Waals surface area contributed by atoms with E-state index in [2.05, 4.69) is 38.0 Å². The van der Waals surface area contributed by atoms with Crippen molar-refractivity contribution in [3.05, 3.63) is 47.8 Å². The topological polar surface area (TPSA) is 37.8 Å². The number of nitrogens with one attached hydrogen (secondary N) is 1. The SMILES string of the molecule is CC(C)Cc1nc(Nc2ccccc2)ncc1C(C)C. The number of aromatic nitrogens is 2. The van der Waals surface area contributed by atoms with Gasteiger partial charge in [0.25, 0.3) is 0 Å². The maximum atomic E-state index is 4.71. The molecule has 0 atom stereocenters. The zero-order chi connectivity index (χ0) is 14.5. The van der Waals surface area contributed by atoms with Crippen LogP contribution in [0.15, 0.2) is 36.5 Å². The Morgan fingerprint density at radius 1 is 1.05 bits per heavy atom. The van der Waals surface area contributed by atoms with Gasteiger partial charge >= 0.3 is 0 Å². The molecule has 0 saturated heterocycles. The van der Waals surface area contributed by atoms with Crippen LogP contribution in [-0.4, -0.2) is 9.97 Å². The van der Waals surface area contributed by atoms with E-state index in [1.54, 1.807) is 0 Å². The van der Waals surface area contributed by atoms with Crippen molar-refractivity contribution in [1.29, 1.82) is 0 Å². The van der Waals surface area contributed by atoms with Crippen LogP contribution >= 0.6 is 0 Å². The van der Waals surface area contributed by atoms with Crippen LogP contribution in [-0.2, 0) is 6.42 Å². The molecule has 0 fully saturated rings. The Hall–Kier alpha value is -1.90. The second kappa shape index (κ2) is 6.51. The second-order valence-electron chi connectivity index (χ2n) is 5.84. The highest BCUT2D eigenvalue weighted by Gasteiger charge is 2.12. The van der Waals surface area contributed by atoms with Gasteiger partial charge in [-0.2, -0.15) is 0 Å². The molecule has 1 aromatic carbocycles. The Labute approximate surface area is 121 Å². The maximum absolute atomic E-state index is 4.71. The molecule has 20 heavy (non-hydrogen) atoms. The molecule has 1 heterocycles. The molecule has 3 nitrogen and oxygen atoms in total. The number of anilines is 2. The van der Waals surface area contributed by atoms with Crippen molar-refractivity contribution in [1.82, 2.24) is 9.97 Å². The van der Waals surface area contributed by atoms with E-state index in [0.717, 1.165) is 17.8 Å². The van der Waals surface area contributed by atoms with Crippen LogP contribution in [0.2, 0.25) is 0 Å². The van der Waals surface area contributed by atoms with Gasteiger partial charge < -0.3 is 5.32 Å². The lowest BCUT2D eigenvalue weighted by atomic mass is 9.98. The first kappa shape index (κ1) is 14.5. The molecule has 0 radical (unpaired) electrons. The zero-order valence-electron chi connectivity index (χ0n) is 12.7. The third-order valence-corrected chi connectivity index (χ3v) is 3.15. The Morgan fingerprint density at radius 3 is 2.35 bits per heavy atom. The number of hydrogen-bond acceptors (Lipinski definition) is 3. The summed E-state index contributed by atoms with van der Waals surface area (Å²) in [5.41, 5.74) is 3.42. The standard InChI is InChI=1S/C17H23N3/c1-12(2)10-16-15(13(3)4)11-18-17(20-16)19-14-8-6-5-7-9-14/h5-9,11-13H,10H2,1-4H3,(H,18,19,20). The molecule has 0 aliphatic heterocycles. The molecule has 3 heteroatoms. The maximum Gasteiger partial charge on any atom is 0.227 e. The molecule has 106 valence electrons. The van der Waals surface area contributed by atoms with E-state index in [1.165, 1.54) is 5.56 Å². The summed E-state index contributed by atoms with van der Waals surface area (Å²) < 4.78 is 0. The molecule has 0 amide bonds. The molecular weight excluding hydrogens is 246 g/mol. The lowest BCUT2D eigenvalue weighted by Crippen LogP contribution is -2.08. The third-order valence-electron chi connectivity index (χ3n) is 3.15. The van der Waals surface area contributed by atoms with E-state index in [0.29, 0.717) is 17.8 Å². The fourth-order valence-corrected chi connectivity index (χ4v) is 2.17. The molecule has 0 unspecified atom stereocenters. The summed E-state index contributed by atoms with van der Waals surface area (Å²) in [5.74, 6) is 1.72. The van der Waals surface area contributed by atoms with Gasteiger partial charge in [0, 0.05) is 17.6 Å². The molecule has 0 spiro atoms. The normalized spacial score (nSPS) is 11.1. The van der Waals surface area contributed by atoms with Gasteiger partial charge in [-0.3, -0.25) is 0 Å². The molecule has 1 N–H and O–H groups in total. The van der Waals surface area contributed by atoms with Gasteiger partial charge in [-0.1, -0.05) is 45.9 Å². The number of nitrogens with zero attached hydrogens (tertiary/aromatic N) is 2. The predicted octanol–water partition coefficient (Wildman–Crippen LogP) is 4.54. The first-order valence-electron chi connectivity index (χ1n) is 7.24. The number of rotatable bonds is 5. The largest absolute Gasteiger partial charge is 0.324 e. The fraction of sp³-hybridized carbons (Fsp3) is 0.412. The van der Waals surface area contributed by atoms with E-state index in [-0.39, 0.29) is 0 Å². The van der Waals surface area contributed by atoms with Crippen molar-refractivity contribution >= 4 is 11.6 Å². The molecule has 0 bridgehead atoms. The molecule has 2 rings (SSSR count). The summed E-state index contributed by atoms with van der Waals surface area (Å²) in [7, 11) is 0. The fourth-order valence-electron chi connectivity index (χ4n) is 2.17. The van der Waals surface area contributed by atoms with Gasteiger partial charge in [0.1, 0.15) is 0 Å². The third kappa shape index (κ3) is 3.80. The van der Waals surface area contributed by atoms with Crippen molar-refractivity contribution in [3.63, 3.8) is 0 Å². The highest BCUT2D eigenvalue weighted by atomic mass is 15.1. The number of para-hydroxylation sites is 1. The van der Waals surface area contributed by atoms with E-state index in [9.17, 15) is 0 Å². The summed E-state index contributed by atoms with van der Waals surface area (Å²) in [6, 6.07) is 10.0. The smallest absolute Gasteiger partial charge is 0.227 e. The lowest BCUT2D eigenvalue weighted by molar-refractivity contribution is 0.623. The van der Waals surface area contributed by atoms with Crippen LogP contribution in [0, 0.1) is 5.92 Å². The Morgan fingerprint density at radius 2 is 1.75 bits per heavy atom. The molecular formula is C17H23N3. The predicted molar refractivity (Wildman–Crippen MR) is 84.4 cm³/mol.